The van der Waals surface area contributed by atoms with Crippen LogP contribution >= 0.6 is 0 Å². The van der Waals surface area contributed by atoms with E-state index in [1.54, 1.807) is 18.0 Å². The van der Waals surface area contributed by atoms with Crippen molar-refractivity contribution < 1.29 is 20.7 Å². The standard InChI is InChI=1S/C35H36F3N5O2/c1-8-23-10-9-11-27(37)30(23)25-17-29-26(16-28(25)38)33(42-15-14-41(18-21(42)6)34(44)22(7)36)40-35(45)43(29)32-24(19(2)3)12-13-39-31(32)20(4)5/h8-13,16-17,19-21H,1,7,14-15,18H2,2-6H3/t21-/m0/s1/i1D2. The Morgan fingerprint density at radius 3 is 2.51 bits per heavy atom. The minimum absolute atomic E-state index is 0.0428. The lowest BCUT2D eigenvalue weighted by molar-refractivity contribution is -0.129. The van der Waals surface area contributed by atoms with E-state index in [1.165, 1.54) is 39.8 Å². The highest BCUT2D eigenvalue weighted by Crippen LogP contribution is 2.38. The predicted molar refractivity (Wildman–Crippen MR) is 172 cm³/mol. The van der Waals surface area contributed by atoms with Crippen molar-refractivity contribution in [3.8, 4) is 16.8 Å². The van der Waals surface area contributed by atoms with Crippen molar-refractivity contribution in [1.82, 2.24) is 19.4 Å². The van der Waals surface area contributed by atoms with Crippen LogP contribution < -0.4 is 10.6 Å². The second-order valence-corrected chi connectivity index (χ2v) is 11.9. The molecular formula is C35H36F3N5O2. The third-order valence-electron chi connectivity index (χ3n) is 8.23. The predicted octanol–water partition coefficient (Wildman–Crippen LogP) is 7.14. The molecule has 0 unspecified atom stereocenters. The van der Waals surface area contributed by atoms with E-state index in [4.69, 9.17) is 2.74 Å². The Morgan fingerprint density at radius 1 is 1.11 bits per heavy atom. The number of aromatic nitrogens is 3. The highest BCUT2D eigenvalue weighted by atomic mass is 19.1. The van der Waals surface area contributed by atoms with Gasteiger partial charge in [0.1, 0.15) is 17.5 Å². The summed E-state index contributed by atoms with van der Waals surface area (Å²) in [6, 6.07) is 8.06. The molecule has 2 aromatic carbocycles. The Morgan fingerprint density at radius 2 is 1.87 bits per heavy atom. The first-order valence-corrected chi connectivity index (χ1v) is 14.8. The van der Waals surface area contributed by atoms with E-state index < -0.39 is 41.6 Å². The summed E-state index contributed by atoms with van der Waals surface area (Å²) >= 11 is 0. The molecule has 0 spiro atoms. The summed E-state index contributed by atoms with van der Waals surface area (Å²) < 4.78 is 62.2. The Kier molecular flexibility index (Phi) is 7.95. The summed E-state index contributed by atoms with van der Waals surface area (Å²) in [5.74, 6) is -3.46. The van der Waals surface area contributed by atoms with Gasteiger partial charge in [-0.05, 0) is 54.2 Å². The van der Waals surface area contributed by atoms with E-state index in [1.807, 2.05) is 33.8 Å². The number of amides is 1. The fraction of sp³-hybridized carbons (Fsp3) is 0.314. The number of hydrogen-bond donors (Lipinski definition) is 0. The van der Waals surface area contributed by atoms with Gasteiger partial charge in [-0.15, -0.1) is 0 Å². The third kappa shape index (κ3) is 5.65. The molecule has 45 heavy (non-hydrogen) atoms. The van der Waals surface area contributed by atoms with Gasteiger partial charge >= 0.3 is 5.69 Å². The molecule has 1 aliphatic heterocycles. The van der Waals surface area contributed by atoms with Gasteiger partial charge in [-0.25, -0.2) is 18.0 Å². The van der Waals surface area contributed by atoms with Crippen molar-refractivity contribution in [3.05, 3.63) is 100 Å². The Bertz CT molecular complexity index is 1960. The Balaban J connectivity index is 1.87. The molecular weight excluding hydrogens is 579 g/mol. The lowest BCUT2D eigenvalue weighted by Gasteiger charge is -2.40. The van der Waals surface area contributed by atoms with Crippen LogP contribution in [0.2, 0.25) is 0 Å². The molecule has 3 heterocycles. The van der Waals surface area contributed by atoms with Crippen LogP contribution in [-0.4, -0.2) is 51.0 Å². The second-order valence-electron chi connectivity index (χ2n) is 11.9. The number of carbonyl (C=O) groups is 1. The van der Waals surface area contributed by atoms with E-state index >= 15 is 8.78 Å². The van der Waals surface area contributed by atoms with Crippen molar-refractivity contribution in [2.24, 2.45) is 0 Å². The van der Waals surface area contributed by atoms with Gasteiger partial charge in [-0.2, -0.15) is 4.98 Å². The maximum Gasteiger partial charge on any atom is 0.354 e. The summed E-state index contributed by atoms with van der Waals surface area (Å²) in [6.45, 7) is 12.6. The summed E-state index contributed by atoms with van der Waals surface area (Å²) in [6.07, 6.45) is 2.80. The van der Waals surface area contributed by atoms with Crippen LogP contribution in [0.3, 0.4) is 0 Å². The zero-order valence-electron chi connectivity index (χ0n) is 27.9. The molecule has 1 amide bonds. The quantitative estimate of drug-likeness (QED) is 0.206. The highest BCUT2D eigenvalue weighted by molar-refractivity contribution is 5.95. The van der Waals surface area contributed by atoms with E-state index in [-0.39, 0.29) is 64.9 Å². The van der Waals surface area contributed by atoms with Crippen LogP contribution in [0.25, 0.3) is 33.8 Å². The van der Waals surface area contributed by atoms with Gasteiger partial charge in [0.05, 0.1) is 19.6 Å². The number of benzene rings is 2. The first-order valence-electron chi connectivity index (χ1n) is 15.8. The molecule has 0 N–H and O–H groups in total. The number of hydrogen-bond acceptors (Lipinski definition) is 5. The van der Waals surface area contributed by atoms with Gasteiger partial charge in [-0.3, -0.25) is 14.3 Å². The van der Waals surface area contributed by atoms with Crippen LogP contribution in [0.5, 0.6) is 0 Å². The summed E-state index contributed by atoms with van der Waals surface area (Å²) in [4.78, 5) is 38.8. The number of carbonyl (C=O) groups excluding carboxylic acids is 1. The largest absolute Gasteiger partial charge is 0.354 e. The van der Waals surface area contributed by atoms with Gasteiger partial charge in [0.2, 0.25) is 0 Å². The van der Waals surface area contributed by atoms with Crippen LogP contribution in [0, 0.1) is 11.6 Å². The second kappa shape index (κ2) is 12.3. The number of fused-ring (bicyclic) bond motifs is 1. The van der Waals surface area contributed by atoms with E-state index in [0.29, 0.717) is 11.4 Å². The van der Waals surface area contributed by atoms with E-state index in [0.717, 1.165) is 11.6 Å². The van der Waals surface area contributed by atoms with Crippen LogP contribution in [-0.2, 0) is 4.79 Å². The normalized spacial score (nSPS) is 15.8. The Labute approximate surface area is 263 Å². The number of pyridine rings is 1. The van der Waals surface area contributed by atoms with Crippen molar-refractivity contribution in [2.45, 2.75) is 52.5 Å². The van der Waals surface area contributed by atoms with Crippen molar-refractivity contribution in [3.63, 3.8) is 0 Å². The third-order valence-corrected chi connectivity index (χ3v) is 8.23. The Hall–Kier alpha value is -4.73. The molecule has 0 aliphatic carbocycles. The molecule has 5 rings (SSSR count). The molecule has 1 aliphatic rings. The highest BCUT2D eigenvalue weighted by Gasteiger charge is 2.32. The van der Waals surface area contributed by atoms with Gasteiger partial charge in [0, 0.05) is 48.4 Å². The molecule has 10 heteroatoms. The fourth-order valence-corrected chi connectivity index (χ4v) is 6.05. The molecule has 1 fully saturated rings. The first-order chi connectivity index (χ1) is 22.2. The molecule has 1 atom stereocenters. The number of rotatable bonds is 7. The van der Waals surface area contributed by atoms with E-state index in [2.05, 4.69) is 16.5 Å². The number of piperazine rings is 1. The maximum atomic E-state index is 16.3. The molecule has 0 saturated carbocycles. The van der Waals surface area contributed by atoms with Crippen LogP contribution in [0.1, 0.15) is 66.0 Å². The van der Waals surface area contributed by atoms with Gasteiger partial charge in [0.15, 0.2) is 5.83 Å². The summed E-state index contributed by atoms with van der Waals surface area (Å²) in [5.41, 5.74) is 1.30. The number of halogens is 3. The lowest BCUT2D eigenvalue weighted by atomic mass is 9.95. The van der Waals surface area contributed by atoms with Crippen molar-refractivity contribution in [1.29, 1.82) is 0 Å². The molecule has 4 aromatic rings. The van der Waals surface area contributed by atoms with Gasteiger partial charge in [0.25, 0.3) is 5.91 Å². The minimum atomic E-state index is -1.07. The summed E-state index contributed by atoms with van der Waals surface area (Å²) in [7, 11) is 0. The van der Waals surface area contributed by atoms with Gasteiger partial charge in [-0.1, -0.05) is 59.0 Å². The SMILES string of the molecule is [2H]C([2H])=Cc1cccc(F)c1-c1cc2c(cc1F)c(N1CCN(C(=O)C(=C)F)C[C@@H]1C)nc(=O)n2-c1c(C(C)C)ccnc1C(C)C. The van der Waals surface area contributed by atoms with Crippen LogP contribution in [0.4, 0.5) is 19.0 Å². The van der Waals surface area contributed by atoms with Crippen molar-refractivity contribution in [2.75, 3.05) is 24.5 Å². The van der Waals surface area contributed by atoms with Gasteiger partial charge < -0.3 is 9.80 Å². The zero-order chi connectivity index (χ0) is 34.3. The smallest absolute Gasteiger partial charge is 0.350 e. The maximum absolute atomic E-state index is 16.3. The first kappa shape index (κ1) is 29.0. The molecule has 2 aromatic heterocycles. The summed E-state index contributed by atoms with van der Waals surface area (Å²) in [5, 5.41) is 0.260. The number of nitrogens with zero attached hydrogens (tertiary/aromatic N) is 5. The van der Waals surface area contributed by atoms with E-state index in [9.17, 15) is 14.0 Å². The molecule has 0 radical (unpaired) electrons. The molecule has 1 saturated heterocycles. The molecule has 0 bridgehead atoms. The molecule has 7 nitrogen and oxygen atoms in total. The monoisotopic (exact) mass is 617 g/mol. The van der Waals surface area contributed by atoms with Crippen molar-refractivity contribution >= 4 is 28.7 Å². The average molecular weight is 618 g/mol. The fourth-order valence-electron chi connectivity index (χ4n) is 6.05. The topological polar surface area (TPSA) is 71.3 Å². The minimum Gasteiger partial charge on any atom is -0.350 e. The van der Waals surface area contributed by atoms with Crippen LogP contribution in [0.15, 0.2) is 66.3 Å². The number of anilines is 1. The average Bonchev–Trinajstić information content (AvgIpc) is 3.00. The zero-order valence-corrected chi connectivity index (χ0v) is 25.9. The molecule has 234 valence electrons. The lowest BCUT2D eigenvalue weighted by Crippen LogP contribution is -2.54.